The van der Waals surface area contributed by atoms with Crippen LogP contribution in [0.2, 0.25) is 5.02 Å². The van der Waals surface area contributed by atoms with E-state index in [-0.39, 0.29) is 23.7 Å². The Hall–Kier alpha value is -2.89. The lowest BCUT2D eigenvalue weighted by atomic mass is 9.74. The molecule has 5 rings (SSSR count). The summed E-state index contributed by atoms with van der Waals surface area (Å²) in [6.45, 7) is 7.48. The fourth-order valence-corrected chi connectivity index (χ4v) is 5.73. The third kappa shape index (κ3) is 5.07. The van der Waals surface area contributed by atoms with Crippen LogP contribution < -0.4 is 9.64 Å². The van der Waals surface area contributed by atoms with E-state index in [4.69, 9.17) is 16.3 Å². The first-order valence-electron chi connectivity index (χ1n) is 12.1. The predicted octanol–water partition coefficient (Wildman–Crippen LogP) is 6.06. The molecule has 1 spiro atoms. The molecule has 4 nitrogen and oxygen atoms in total. The van der Waals surface area contributed by atoms with Gasteiger partial charge in [-0.25, -0.2) is 4.39 Å². The average molecular weight is 493 g/mol. The SMILES string of the molecule is Cc1cc(C)cc(CN2CCC3(CC2)CN(C(=O)COc2ccc(Cl)cc2)c2ccc(F)cc23)c1. The molecule has 0 N–H and O–H groups in total. The Bertz CT molecular complexity index is 1220. The summed E-state index contributed by atoms with van der Waals surface area (Å²) in [7, 11) is 0. The maximum Gasteiger partial charge on any atom is 0.264 e. The van der Waals surface area contributed by atoms with Crippen molar-refractivity contribution in [1.82, 2.24) is 4.90 Å². The Morgan fingerprint density at radius 3 is 2.37 bits per heavy atom. The number of anilines is 1. The number of hydrogen-bond donors (Lipinski definition) is 0. The van der Waals surface area contributed by atoms with E-state index in [1.54, 1.807) is 41.3 Å². The van der Waals surface area contributed by atoms with Crippen molar-refractivity contribution < 1.29 is 13.9 Å². The van der Waals surface area contributed by atoms with Crippen molar-refractivity contribution in [3.05, 3.63) is 93.8 Å². The number of likely N-dealkylation sites (tertiary alicyclic amines) is 1. The summed E-state index contributed by atoms with van der Waals surface area (Å²) in [6, 6.07) is 18.5. The number of fused-ring (bicyclic) bond motifs is 2. The van der Waals surface area contributed by atoms with Crippen molar-refractivity contribution >= 4 is 23.2 Å². The van der Waals surface area contributed by atoms with Crippen molar-refractivity contribution in [1.29, 1.82) is 0 Å². The zero-order chi connectivity index (χ0) is 24.6. The van der Waals surface area contributed by atoms with Gasteiger partial charge in [0.2, 0.25) is 0 Å². The van der Waals surface area contributed by atoms with Gasteiger partial charge in [-0.3, -0.25) is 9.69 Å². The van der Waals surface area contributed by atoms with E-state index in [9.17, 15) is 9.18 Å². The van der Waals surface area contributed by atoms with Crippen LogP contribution in [0.15, 0.2) is 60.7 Å². The van der Waals surface area contributed by atoms with Crippen LogP contribution in [0.4, 0.5) is 10.1 Å². The molecule has 0 aromatic heterocycles. The number of carbonyl (C=O) groups excluding carboxylic acids is 1. The van der Waals surface area contributed by atoms with Crippen molar-refractivity contribution in [3.8, 4) is 5.75 Å². The highest BCUT2D eigenvalue weighted by Gasteiger charge is 2.46. The number of benzene rings is 3. The number of halogens is 2. The molecule has 2 heterocycles. The Morgan fingerprint density at radius 1 is 1.00 bits per heavy atom. The van der Waals surface area contributed by atoms with Crippen molar-refractivity contribution in [2.45, 2.75) is 38.6 Å². The van der Waals surface area contributed by atoms with Crippen LogP contribution in [0.5, 0.6) is 5.75 Å². The second-order valence-electron chi connectivity index (χ2n) is 9.94. The molecule has 0 radical (unpaired) electrons. The summed E-state index contributed by atoms with van der Waals surface area (Å²) in [5.74, 6) is 0.213. The summed E-state index contributed by atoms with van der Waals surface area (Å²) in [5, 5.41) is 0.616. The van der Waals surface area contributed by atoms with Crippen molar-refractivity contribution in [2.24, 2.45) is 0 Å². The van der Waals surface area contributed by atoms with Gasteiger partial charge in [0.05, 0.1) is 0 Å². The first-order valence-corrected chi connectivity index (χ1v) is 12.5. The number of nitrogens with zero attached hydrogens (tertiary/aromatic N) is 2. The molecule has 2 aliphatic heterocycles. The zero-order valence-electron chi connectivity index (χ0n) is 20.2. The maximum absolute atomic E-state index is 14.3. The largest absolute Gasteiger partial charge is 0.484 e. The summed E-state index contributed by atoms with van der Waals surface area (Å²) >= 11 is 5.93. The van der Waals surface area contributed by atoms with Gasteiger partial charge in [0.1, 0.15) is 11.6 Å². The molecule has 3 aromatic carbocycles. The van der Waals surface area contributed by atoms with Gasteiger partial charge < -0.3 is 9.64 Å². The van der Waals surface area contributed by atoms with Gasteiger partial charge in [0, 0.05) is 29.2 Å². The van der Waals surface area contributed by atoms with Crippen LogP contribution in [-0.4, -0.2) is 37.0 Å². The van der Waals surface area contributed by atoms with Gasteiger partial charge in [0.25, 0.3) is 5.91 Å². The quantitative estimate of drug-likeness (QED) is 0.434. The van der Waals surface area contributed by atoms with E-state index >= 15 is 0 Å². The molecule has 1 fully saturated rings. The highest BCUT2D eigenvalue weighted by molar-refractivity contribution is 6.30. The Balaban J connectivity index is 1.29. The Kier molecular flexibility index (Phi) is 6.56. The number of aryl methyl sites for hydroxylation is 2. The minimum absolute atomic E-state index is 0.0760. The van der Waals surface area contributed by atoms with Crippen molar-refractivity contribution in [2.75, 3.05) is 31.1 Å². The lowest BCUT2D eigenvalue weighted by Crippen LogP contribution is -2.46. The van der Waals surface area contributed by atoms with Gasteiger partial charge in [0.15, 0.2) is 6.61 Å². The fraction of sp³-hybridized carbons (Fsp3) is 0.345. The van der Waals surface area contributed by atoms with Gasteiger partial charge in [-0.1, -0.05) is 40.9 Å². The molecule has 3 aromatic rings. The van der Waals surface area contributed by atoms with Crippen LogP contribution in [-0.2, 0) is 16.8 Å². The van der Waals surface area contributed by atoms with Crippen LogP contribution in [0.3, 0.4) is 0 Å². The number of rotatable bonds is 5. The highest BCUT2D eigenvalue weighted by atomic mass is 35.5. The minimum Gasteiger partial charge on any atom is -0.484 e. The standard InChI is InChI=1S/C29H30ClFN2O2/c1-20-13-21(2)15-22(14-20)17-32-11-9-29(10-12-32)19-33(27-8-5-24(31)16-26(27)29)28(34)18-35-25-6-3-23(30)4-7-25/h3-8,13-16H,9-12,17-19H2,1-2H3. The summed E-state index contributed by atoms with van der Waals surface area (Å²) in [5.41, 5.74) is 5.41. The number of amides is 1. The monoisotopic (exact) mass is 492 g/mol. The molecule has 0 atom stereocenters. The summed E-state index contributed by atoms with van der Waals surface area (Å²) in [4.78, 5) is 17.4. The highest BCUT2D eigenvalue weighted by Crippen LogP contribution is 2.47. The van der Waals surface area contributed by atoms with Gasteiger partial charge in [-0.15, -0.1) is 0 Å². The van der Waals surface area contributed by atoms with E-state index in [0.717, 1.165) is 43.7 Å². The van der Waals surface area contributed by atoms with E-state index < -0.39 is 0 Å². The molecule has 6 heteroatoms. The normalized spacial score (nSPS) is 17.0. The van der Waals surface area contributed by atoms with Crippen LogP contribution in [0, 0.1) is 19.7 Å². The third-order valence-corrected chi connectivity index (χ3v) is 7.51. The van der Waals surface area contributed by atoms with Crippen LogP contribution in [0.1, 0.15) is 35.1 Å². The number of ether oxygens (including phenoxy) is 1. The molecular weight excluding hydrogens is 463 g/mol. The molecule has 1 amide bonds. The molecule has 182 valence electrons. The van der Waals surface area contributed by atoms with E-state index in [1.165, 1.54) is 22.8 Å². The van der Waals surface area contributed by atoms with E-state index in [2.05, 4.69) is 36.9 Å². The lowest BCUT2D eigenvalue weighted by molar-refractivity contribution is -0.120. The second kappa shape index (κ2) is 9.63. The molecule has 35 heavy (non-hydrogen) atoms. The topological polar surface area (TPSA) is 32.8 Å². The lowest BCUT2D eigenvalue weighted by Gasteiger charge is -2.40. The molecule has 0 saturated carbocycles. The number of piperidine rings is 1. The molecule has 0 unspecified atom stereocenters. The predicted molar refractivity (Wildman–Crippen MR) is 138 cm³/mol. The second-order valence-corrected chi connectivity index (χ2v) is 10.4. The zero-order valence-corrected chi connectivity index (χ0v) is 20.9. The smallest absolute Gasteiger partial charge is 0.264 e. The molecule has 1 saturated heterocycles. The van der Waals surface area contributed by atoms with Gasteiger partial charge >= 0.3 is 0 Å². The van der Waals surface area contributed by atoms with Crippen LogP contribution in [0.25, 0.3) is 0 Å². The summed E-state index contributed by atoms with van der Waals surface area (Å²) < 4.78 is 20.0. The first-order chi connectivity index (χ1) is 16.8. The molecule has 0 bridgehead atoms. The first kappa shape index (κ1) is 23.8. The van der Waals surface area contributed by atoms with Crippen LogP contribution >= 0.6 is 11.6 Å². The van der Waals surface area contributed by atoms with E-state index in [1.807, 2.05) is 0 Å². The van der Waals surface area contributed by atoms with Gasteiger partial charge in [-0.2, -0.15) is 0 Å². The third-order valence-electron chi connectivity index (χ3n) is 7.26. The summed E-state index contributed by atoms with van der Waals surface area (Å²) in [6.07, 6.45) is 1.77. The molecule has 0 aliphatic carbocycles. The van der Waals surface area contributed by atoms with Crippen molar-refractivity contribution in [3.63, 3.8) is 0 Å². The minimum atomic E-state index is -0.257. The Labute approximate surface area is 211 Å². The average Bonchev–Trinajstić information content (AvgIpc) is 3.13. The molecule has 2 aliphatic rings. The van der Waals surface area contributed by atoms with E-state index in [0.29, 0.717) is 17.3 Å². The number of hydrogen-bond acceptors (Lipinski definition) is 3. The maximum atomic E-state index is 14.3. The fourth-order valence-electron chi connectivity index (χ4n) is 5.60. The number of carbonyl (C=O) groups is 1. The molecular formula is C29H30ClFN2O2. The Morgan fingerprint density at radius 2 is 1.69 bits per heavy atom. The van der Waals surface area contributed by atoms with Gasteiger partial charge in [-0.05, 0) is 93.4 Å².